The van der Waals surface area contributed by atoms with Crippen molar-refractivity contribution in [2.24, 2.45) is 13.0 Å². The van der Waals surface area contributed by atoms with Gasteiger partial charge in [-0.1, -0.05) is 26.7 Å². The molecule has 5 heteroatoms. The van der Waals surface area contributed by atoms with Crippen molar-refractivity contribution in [3.05, 3.63) is 22.4 Å². The van der Waals surface area contributed by atoms with Gasteiger partial charge in [0.1, 0.15) is 5.69 Å². The van der Waals surface area contributed by atoms with E-state index in [2.05, 4.69) is 21.2 Å². The lowest BCUT2D eigenvalue weighted by atomic mass is 9.96. The number of carbonyl (C=O) groups excluding carboxylic acids is 1. The van der Waals surface area contributed by atoms with Gasteiger partial charge in [0.2, 0.25) is 0 Å². The highest BCUT2D eigenvalue weighted by Gasteiger charge is 2.17. The molecule has 1 rings (SSSR count). The minimum atomic E-state index is -0.479. The van der Waals surface area contributed by atoms with Gasteiger partial charge < -0.3 is 15.0 Å². The highest BCUT2D eigenvalue weighted by Crippen LogP contribution is 2.14. The summed E-state index contributed by atoms with van der Waals surface area (Å²) in [6.45, 7) is 4.40. The van der Waals surface area contributed by atoms with Gasteiger partial charge in [0.25, 0.3) is 5.91 Å². The van der Waals surface area contributed by atoms with E-state index in [-0.39, 0.29) is 11.8 Å². The SMILES string of the molecule is CCC(CC)C(O)CNC(=O)c1cc(Br)cn1C. The number of nitrogens with one attached hydrogen (secondary N) is 1. The predicted molar refractivity (Wildman–Crippen MR) is 75.5 cm³/mol. The first kappa shape index (κ1) is 15.2. The van der Waals surface area contributed by atoms with E-state index in [0.29, 0.717) is 12.2 Å². The van der Waals surface area contributed by atoms with Crippen LogP contribution in [-0.4, -0.2) is 28.2 Å². The molecule has 1 heterocycles. The van der Waals surface area contributed by atoms with E-state index in [1.54, 1.807) is 10.6 Å². The number of aromatic nitrogens is 1. The number of amides is 1. The number of nitrogens with zero attached hydrogens (tertiary/aromatic N) is 1. The minimum absolute atomic E-state index is 0.159. The van der Waals surface area contributed by atoms with Gasteiger partial charge in [-0.25, -0.2) is 0 Å². The first-order valence-electron chi connectivity index (χ1n) is 6.27. The summed E-state index contributed by atoms with van der Waals surface area (Å²) < 4.78 is 2.62. The van der Waals surface area contributed by atoms with Crippen LogP contribution >= 0.6 is 15.9 Å². The Labute approximate surface area is 117 Å². The Kier molecular flexibility index (Phi) is 5.88. The largest absolute Gasteiger partial charge is 0.391 e. The minimum Gasteiger partial charge on any atom is -0.391 e. The van der Waals surface area contributed by atoms with Crippen LogP contribution in [0.2, 0.25) is 0 Å². The molecular formula is C13H21BrN2O2. The van der Waals surface area contributed by atoms with Crippen molar-refractivity contribution in [2.75, 3.05) is 6.54 Å². The highest BCUT2D eigenvalue weighted by molar-refractivity contribution is 9.10. The fraction of sp³-hybridized carbons (Fsp3) is 0.615. The molecule has 0 fully saturated rings. The topological polar surface area (TPSA) is 54.3 Å². The molecule has 4 nitrogen and oxygen atoms in total. The molecule has 0 radical (unpaired) electrons. The fourth-order valence-electron chi connectivity index (χ4n) is 2.04. The second-order valence-corrected chi connectivity index (χ2v) is 5.42. The molecule has 1 unspecified atom stereocenters. The van der Waals surface area contributed by atoms with Crippen molar-refractivity contribution in [3.63, 3.8) is 0 Å². The van der Waals surface area contributed by atoms with Gasteiger partial charge in [-0.15, -0.1) is 0 Å². The van der Waals surface area contributed by atoms with Crippen molar-refractivity contribution in [1.82, 2.24) is 9.88 Å². The quantitative estimate of drug-likeness (QED) is 0.846. The van der Waals surface area contributed by atoms with Crippen LogP contribution in [0.5, 0.6) is 0 Å². The third-order valence-electron chi connectivity index (χ3n) is 3.27. The van der Waals surface area contributed by atoms with Crippen LogP contribution < -0.4 is 5.32 Å². The van der Waals surface area contributed by atoms with Gasteiger partial charge in [0.15, 0.2) is 0 Å². The monoisotopic (exact) mass is 316 g/mol. The lowest BCUT2D eigenvalue weighted by Gasteiger charge is -2.20. The Balaban J connectivity index is 2.53. The average molecular weight is 317 g/mol. The van der Waals surface area contributed by atoms with E-state index < -0.39 is 6.10 Å². The lowest BCUT2D eigenvalue weighted by molar-refractivity contribution is 0.0810. The molecule has 1 amide bonds. The Morgan fingerprint density at radius 1 is 1.50 bits per heavy atom. The van der Waals surface area contributed by atoms with Crippen LogP contribution in [0.3, 0.4) is 0 Å². The second kappa shape index (κ2) is 6.95. The molecule has 2 N–H and O–H groups in total. The smallest absolute Gasteiger partial charge is 0.268 e. The van der Waals surface area contributed by atoms with Gasteiger partial charge >= 0.3 is 0 Å². The van der Waals surface area contributed by atoms with Crippen LogP contribution in [0.1, 0.15) is 37.2 Å². The summed E-state index contributed by atoms with van der Waals surface area (Å²) in [6, 6.07) is 1.76. The standard InChI is InChI=1S/C13H21BrN2O2/c1-4-9(5-2)12(17)7-15-13(18)11-6-10(14)8-16(11)3/h6,8-9,12,17H,4-5,7H2,1-3H3,(H,15,18). The number of halogens is 1. The first-order valence-corrected chi connectivity index (χ1v) is 7.07. The molecule has 0 aliphatic rings. The average Bonchev–Trinajstić information content (AvgIpc) is 2.67. The van der Waals surface area contributed by atoms with Gasteiger partial charge in [-0.05, 0) is 27.9 Å². The first-order chi connectivity index (χ1) is 8.49. The number of carbonyl (C=O) groups is 1. The molecule has 0 aliphatic carbocycles. The van der Waals surface area contributed by atoms with Gasteiger partial charge in [0.05, 0.1) is 6.10 Å². The van der Waals surface area contributed by atoms with E-state index in [1.165, 1.54) is 0 Å². The number of aryl methyl sites for hydroxylation is 1. The third-order valence-corrected chi connectivity index (χ3v) is 3.70. The third kappa shape index (κ3) is 3.85. The molecule has 0 saturated carbocycles. The Morgan fingerprint density at radius 3 is 2.56 bits per heavy atom. The zero-order valence-corrected chi connectivity index (χ0v) is 12.7. The zero-order chi connectivity index (χ0) is 13.7. The molecule has 102 valence electrons. The van der Waals surface area contributed by atoms with Crippen molar-refractivity contribution in [1.29, 1.82) is 0 Å². The molecule has 1 atom stereocenters. The predicted octanol–water partition coefficient (Wildman–Crippen LogP) is 2.31. The summed E-state index contributed by atoms with van der Waals surface area (Å²) in [7, 11) is 1.82. The Hall–Kier alpha value is -0.810. The van der Waals surface area contributed by atoms with Crippen molar-refractivity contribution in [2.45, 2.75) is 32.8 Å². The molecule has 18 heavy (non-hydrogen) atoms. The Morgan fingerprint density at radius 2 is 2.11 bits per heavy atom. The van der Waals surface area contributed by atoms with Crippen LogP contribution in [0.25, 0.3) is 0 Å². The van der Waals surface area contributed by atoms with Crippen LogP contribution in [0.15, 0.2) is 16.7 Å². The molecule has 1 aromatic heterocycles. The lowest BCUT2D eigenvalue weighted by Crippen LogP contribution is -2.36. The molecule has 0 bridgehead atoms. The number of hydrogen-bond donors (Lipinski definition) is 2. The van der Waals surface area contributed by atoms with Gasteiger partial charge in [0, 0.05) is 24.3 Å². The number of hydrogen-bond acceptors (Lipinski definition) is 2. The van der Waals surface area contributed by atoms with E-state index in [1.807, 2.05) is 27.1 Å². The maximum absolute atomic E-state index is 11.9. The van der Waals surface area contributed by atoms with Crippen molar-refractivity contribution < 1.29 is 9.90 Å². The molecule has 0 spiro atoms. The summed E-state index contributed by atoms with van der Waals surface area (Å²) in [5.41, 5.74) is 0.582. The van der Waals surface area contributed by atoms with Gasteiger partial charge in [-0.2, -0.15) is 0 Å². The molecule has 1 aromatic rings. The Bertz CT molecular complexity index is 400. The molecule has 0 aliphatic heterocycles. The van der Waals surface area contributed by atoms with Crippen molar-refractivity contribution >= 4 is 21.8 Å². The fourth-order valence-corrected chi connectivity index (χ4v) is 2.56. The van der Waals surface area contributed by atoms with Gasteiger partial charge in [-0.3, -0.25) is 4.79 Å². The number of aliphatic hydroxyl groups excluding tert-OH is 1. The highest BCUT2D eigenvalue weighted by atomic mass is 79.9. The van der Waals surface area contributed by atoms with Crippen LogP contribution in [-0.2, 0) is 7.05 Å². The van der Waals surface area contributed by atoms with E-state index in [0.717, 1.165) is 17.3 Å². The maximum atomic E-state index is 11.9. The zero-order valence-electron chi connectivity index (χ0n) is 11.1. The summed E-state index contributed by atoms with van der Waals surface area (Å²) in [4.78, 5) is 11.9. The molecule has 0 saturated heterocycles. The second-order valence-electron chi connectivity index (χ2n) is 4.51. The molecular weight excluding hydrogens is 296 g/mol. The summed E-state index contributed by atoms with van der Waals surface area (Å²) in [5, 5.41) is 12.7. The summed E-state index contributed by atoms with van der Waals surface area (Å²) >= 11 is 3.33. The normalized spacial score (nSPS) is 12.8. The number of aliphatic hydroxyl groups is 1. The van der Waals surface area contributed by atoms with E-state index >= 15 is 0 Å². The van der Waals surface area contributed by atoms with Crippen molar-refractivity contribution in [3.8, 4) is 0 Å². The van der Waals surface area contributed by atoms with Crippen LogP contribution in [0.4, 0.5) is 0 Å². The van der Waals surface area contributed by atoms with E-state index in [4.69, 9.17) is 0 Å². The summed E-state index contributed by atoms with van der Waals surface area (Å²) in [5.74, 6) is 0.0821. The van der Waals surface area contributed by atoms with E-state index in [9.17, 15) is 9.90 Å². The summed E-state index contributed by atoms with van der Waals surface area (Å²) in [6.07, 6.45) is 3.19. The number of rotatable bonds is 6. The molecule has 0 aromatic carbocycles. The van der Waals surface area contributed by atoms with Crippen LogP contribution in [0, 0.1) is 5.92 Å². The maximum Gasteiger partial charge on any atom is 0.268 e.